The van der Waals surface area contributed by atoms with E-state index < -0.39 is 6.10 Å². The number of nitrogens with one attached hydrogen (secondary N) is 1. The summed E-state index contributed by atoms with van der Waals surface area (Å²) in [4.78, 5) is 12.2. The van der Waals surface area contributed by atoms with E-state index in [0.29, 0.717) is 28.8 Å². The summed E-state index contributed by atoms with van der Waals surface area (Å²) in [5.74, 6) is 0.872. The highest BCUT2D eigenvalue weighted by atomic mass is 35.5. The minimum absolute atomic E-state index is 0.0874. The minimum atomic E-state index is -0.592. The molecule has 1 amide bonds. The fraction of sp³-hybridized carbons (Fsp3) is 0.533. The second-order valence-electron chi connectivity index (χ2n) is 5.29. The van der Waals surface area contributed by atoms with Crippen LogP contribution in [0.1, 0.15) is 19.8 Å². The van der Waals surface area contributed by atoms with Crippen molar-refractivity contribution < 1.29 is 23.7 Å². The molecule has 22 heavy (non-hydrogen) atoms. The van der Waals surface area contributed by atoms with Gasteiger partial charge in [0.2, 0.25) is 6.79 Å². The SMILES string of the molecule is CC(OCC1CCCO1)C(=O)Nc1cc2c(cc1Cl)OCO2. The lowest BCUT2D eigenvalue weighted by Crippen LogP contribution is -2.30. The van der Waals surface area contributed by atoms with Crippen LogP contribution >= 0.6 is 11.6 Å². The van der Waals surface area contributed by atoms with Crippen molar-refractivity contribution in [2.24, 2.45) is 0 Å². The van der Waals surface area contributed by atoms with E-state index in [9.17, 15) is 4.79 Å². The van der Waals surface area contributed by atoms with Crippen LogP contribution in [-0.2, 0) is 14.3 Å². The zero-order valence-electron chi connectivity index (χ0n) is 12.3. The maximum Gasteiger partial charge on any atom is 0.253 e. The second-order valence-corrected chi connectivity index (χ2v) is 5.69. The van der Waals surface area contributed by atoms with Crippen molar-refractivity contribution >= 4 is 23.2 Å². The molecule has 3 rings (SSSR count). The third-order valence-electron chi connectivity index (χ3n) is 3.65. The van der Waals surface area contributed by atoms with Crippen molar-refractivity contribution in [3.63, 3.8) is 0 Å². The van der Waals surface area contributed by atoms with Crippen LogP contribution in [0.3, 0.4) is 0 Å². The molecule has 0 spiro atoms. The summed E-state index contributed by atoms with van der Waals surface area (Å²) >= 11 is 6.13. The fourth-order valence-electron chi connectivity index (χ4n) is 2.35. The monoisotopic (exact) mass is 327 g/mol. The molecule has 0 radical (unpaired) electrons. The van der Waals surface area contributed by atoms with Gasteiger partial charge < -0.3 is 24.3 Å². The fourth-order valence-corrected chi connectivity index (χ4v) is 2.55. The molecule has 1 N–H and O–H groups in total. The Morgan fingerprint density at radius 1 is 1.45 bits per heavy atom. The Labute approximate surface area is 133 Å². The first-order valence-corrected chi connectivity index (χ1v) is 7.64. The highest BCUT2D eigenvalue weighted by molar-refractivity contribution is 6.34. The molecule has 1 aromatic carbocycles. The predicted octanol–water partition coefficient (Wildman–Crippen LogP) is 2.59. The van der Waals surface area contributed by atoms with Crippen molar-refractivity contribution in [1.82, 2.24) is 0 Å². The lowest BCUT2D eigenvalue weighted by atomic mass is 10.2. The van der Waals surface area contributed by atoms with Crippen LogP contribution < -0.4 is 14.8 Å². The molecule has 2 aliphatic rings. The van der Waals surface area contributed by atoms with E-state index >= 15 is 0 Å². The molecule has 2 atom stereocenters. The first-order valence-electron chi connectivity index (χ1n) is 7.26. The van der Waals surface area contributed by atoms with Crippen molar-refractivity contribution in [3.8, 4) is 11.5 Å². The molecule has 7 heteroatoms. The number of carbonyl (C=O) groups is 1. The summed E-state index contributed by atoms with van der Waals surface area (Å²) in [5, 5.41) is 3.14. The van der Waals surface area contributed by atoms with Crippen LogP contribution in [0.15, 0.2) is 12.1 Å². The van der Waals surface area contributed by atoms with Gasteiger partial charge in [0.05, 0.1) is 23.4 Å². The number of anilines is 1. The summed E-state index contributed by atoms with van der Waals surface area (Å²) in [6, 6.07) is 3.27. The van der Waals surface area contributed by atoms with Gasteiger partial charge in [-0.1, -0.05) is 11.6 Å². The van der Waals surface area contributed by atoms with Crippen molar-refractivity contribution in [3.05, 3.63) is 17.2 Å². The Hall–Kier alpha value is -1.50. The molecular formula is C15H18ClNO5. The Morgan fingerprint density at radius 2 is 2.23 bits per heavy atom. The molecule has 2 aliphatic heterocycles. The van der Waals surface area contributed by atoms with Gasteiger partial charge in [0.1, 0.15) is 6.10 Å². The van der Waals surface area contributed by atoms with Crippen molar-refractivity contribution in [2.75, 3.05) is 25.3 Å². The lowest BCUT2D eigenvalue weighted by Gasteiger charge is -2.16. The average molecular weight is 328 g/mol. The van der Waals surface area contributed by atoms with E-state index in [1.807, 2.05) is 0 Å². The maximum atomic E-state index is 12.2. The van der Waals surface area contributed by atoms with Crippen LogP contribution in [0, 0.1) is 0 Å². The number of fused-ring (bicyclic) bond motifs is 1. The smallest absolute Gasteiger partial charge is 0.253 e. The molecule has 0 bridgehead atoms. The summed E-state index contributed by atoms with van der Waals surface area (Å²) in [5.41, 5.74) is 0.475. The molecule has 0 aliphatic carbocycles. The van der Waals surface area contributed by atoms with Gasteiger partial charge in [0.25, 0.3) is 5.91 Å². The summed E-state index contributed by atoms with van der Waals surface area (Å²) in [7, 11) is 0. The van der Waals surface area contributed by atoms with Crippen LogP contribution in [0.5, 0.6) is 11.5 Å². The van der Waals surface area contributed by atoms with Gasteiger partial charge in [0.15, 0.2) is 11.5 Å². The quantitative estimate of drug-likeness (QED) is 0.900. The Morgan fingerprint density at radius 3 is 2.95 bits per heavy atom. The molecule has 6 nitrogen and oxygen atoms in total. The summed E-state index contributed by atoms with van der Waals surface area (Å²) in [6.07, 6.45) is 1.51. The Kier molecular flexibility index (Phi) is 4.71. The lowest BCUT2D eigenvalue weighted by molar-refractivity contribution is -0.128. The topological polar surface area (TPSA) is 66.0 Å². The Balaban J connectivity index is 1.56. The van der Waals surface area contributed by atoms with Gasteiger partial charge in [-0.2, -0.15) is 0 Å². The number of halogens is 1. The Bertz CT molecular complexity index is 559. The standard InChI is InChI=1S/C15H18ClNO5/c1-9(20-7-10-3-2-4-19-10)15(18)17-12-6-14-13(5-11(12)16)21-8-22-14/h5-6,9-10H,2-4,7-8H2,1H3,(H,17,18). The van der Waals surface area contributed by atoms with E-state index in [1.165, 1.54) is 0 Å². The largest absolute Gasteiger partial charge is 0.454 e. The first kappa shape index (κ1) is 15.4. The maximum absolute atomic E-state index is 12.2. The van der Waals surface area contributed by atoms with Gasteiger partial charge in [-0.15, -0.1) is 0 Å². The average Bonchev–Trinajstić information content (AvgIpc) is 3.16. The zero-order valence-corrected chi connectivity index (χ0v) is 13.0. The number of amides is 1. The van der Waals surface area contributed by atoms with E-state index in [-0.39, 0.29) is 18.8 Å². The molecule has 1 fully saturated rings. The molecular weight excluding hydrogens is 310 g/mol. The molecule has 0 saturated carbocycles. The van der Waals surface area contributed by atoms with Gasteiger partial charge >= 0.3 is 0 Å². The molecule has 2 heterocycles. The molecule has 120 valence electrons. The van der Waals surface area contributed by atoms with Crippen molar-refractivity contribution in [1.29, 1.82) is 0 Å². The van der Waals surface area contributed by atoms with Crippen LogP contribution in [0.2, 0.25) is 5.02 Å². The first-order chi connectivity index (χ1) is 10.6. The summed E-state index contributed by atoms with van der Waals surface area (Å²) in [6.45, 7) is 3.04. The highest BCUT2D eigenvalue weighted by Gasteiger charge is 2.22. The summed E-state index contributed by atoms with van der Waals surface area (Å²) < 4.78 is 21.5. The number of hydrogen-bond acceptors (Lipinski definition) is 5. The van der Waals surface area contributed by atoms with Crippen molar-refractivity contribution in [2.45, 2.75) is 32.0 Å². The molecule has 1 aromatic rings. The van der Waals surface area contributed by atoms with E-state index in [4.69, 9.17) is 30.5 Å². The van der Waals surface area contributed by atoms with Gasteiger partial charge in [0, 0.05) is 18.7 Å². The van der Waals surface area contributed by atoms with Crippen LogP contribution in [0.25, 0.3) is 0 Å². The number of ether oxygens (including phenoxy) is 4. The number of benzene rings is 1. The zero-order chi connectivity index (χ0) is 15.5. The number of rotatable bonds is 5. The normalized spacial score (nSPS) is 20.9. The molecule has 1 saturated heterocycles. The number of hydrogen-bond donors (Lipinski definition) is 1. The third-order valence-corrected chi connectivity index (χ3v) is 3.96. The van der Waals surface area contributed by atoms with Crippen LogP contribution in [-0.4, -0.2) is 38.1 Å². The highest BCUT2D eigenvalue weighted by Crippen LogP contribution is 2.39. The van der Waals surface area contributed by atoms with E-state index in [1.54, 1.807) is 19.1 Å². The molecule has 2 unspecified atom stereocenters. The minimum Gasteiger partial charge on any atom is -0.454 e. The van der Waals surface area contributed by atoms with Crippen LogP contribution in [0.4, 0.5) is 5.69 Å². The van der Waals surface area contributed by atoms with Gasteiger partial charge in [-0.05, 0) is 19.8 Å². The van der Waals surface area contributed by atoms with Gasteiger partial charge in [-0.25, -0.2) is 0 Å². The number of carbonyl (C=O) groups excluding carboxylic acids is 1. The second kappa shape index (κ2) is 6.73. The third kappa shape index (κ3) is 3.45. The van der Waals surface area contributed by atoms with E-state index in [0.717, 1.165) is 19.4 Å². The predicted molar refractivity (Wildman–Crippen MR) is 80.6 cm³/mol. The molecule has 0 aromatic heterocycles. The van der Waals surface area contributed by atoms with Gasteiger partial charge in [-0.3, -0.25) is 4.79 Å². The van der Waals surface area contributed by atoms with E-state index in [2.05, 4.69) is 5.32 Å².